The van der Waals surface area contributed by atoms with Gasteiger partial charge in [-0.1, -0.05) is 13.8 Å². The molecule has 2 atom stereocenters. The zero-order valence-corrected chi connectivity index (χ0v) is 23.9. The fraction of sp³-hybridized carbons (Fsp3) is 0.321. The fourth-order valence-electron chi connectivity index (χ4n) is 5.89. The summed E-state index contributed by atoms with van der Waals surface area (Å²) in [5.41, 5.74) is -1.22. The molecule has 0 amide bonds. The maximum Gasteiger partial charge on any atom is 0.238 e. The number of rotatable bonds is 5. The average Bonchev–Trinajstić information content (AvgIpc) is 3.15. The van der Waals surface area contributed by atoms with Gasteiger partial charge in [-0.15, -0.1) is 0 Å². The van der Waals surface area contributed by atoms with Crippen LogP contribution in [0.5, 0.6) is 0 Å². The summed E-state index contributed by atoms with van der Waals surface area (Å²) in [6.07, 6.45) is 1.88. The average molecular weight is 657 g/mol. The number of halogens is 9. The lowest BCUT2D eigenvalue weighted by Crippen LogP contribution is -2.42. The number of Topliss-reactive ketones (excluding diaryl/α,β-unsaturated/α-hetero) is 1. The van der Waals surface area contributed by atoms with Gasteiger partial charge < -0.3 is 4.55 Å². The molecule has 232 valence electrons. The lowest BCUT2D eigenvalue weighted by molar-refractivity contribution is -0.128. The minimum Gasteiger partial charge on any atom is -0.748 e. The molecule has 2 saturated carbocycles. The van der Waals surface area contributed by atoms with Gasteiger partial charge in [0, 0.05) is 48.2 Å². The Morgan fingerprint density at radius 3 is 1.28 bits per heavy atom. The predicted octanol–water partition coefficient (Wildman–Crippen LogP) is 6.96. The van der Waals surface area contributed by atoms with Crippen molar-refractivity contribution in [2.75, 3.05) is 5.75 Å². The van der Waals surface area contributed by atoms with Crippen molar-refractivity contribution in [1.29, 1.82) is 0 Å². The highest BCUT2D eigenvalue weighted by atomic mass is 32.2. The Labute approximate surface area is 243 Å². The second kappa shape index (κ2) is 11.5. The van der Waals surface area contributed by atoms with Crippen LogP contribution in [0.1, 0.15) is 33.1 Å². The highest BCUT2D eigenvalue weighted by Gasteiger charge is 2.64. The Morgan fingerprint density at radius 2 is 1.05 bits per heavy atom. The van der Waals surface area contributed by atoms with Gasteiger partial charge >= 0.3 is 0 Å². The number of benzene rings is 3. The third kappa shape index (κ3) is 6.03. The number of hydrogen-bond donors (Lipinski definition) is 0. The van der Waals surface area contributed by atoms with Crippen molar-refractivity contribution in [3.63, 3.8) is 0 Å². The molecule has 5 rings (SSSR count). The summed E-state index contributed by atoms with van der Waals surface area (Å²) in [4.78, 5) is 8.00. The van der Waals surface area contributed by atoms with E-state index < -0.39 is 99.2 Å². The topological polar surface area (TPSA) is 74.3 Å². The molecule has 0 saturated heterocycles. The lowest BCUT2D eigenvalue weighted by Gasteiger charge is -2.37. The molecule has 0 aliphatic heterocycles. The summed E-state index contributed by atoms with van der Waals surface area (Å²) >= 11 is 0. The van der Waals surface area contributed by atoms with Gasteiger partial charge in [0.05, 0.1) is 15.9 Å². The van der Waals surface area contributed by atoms with Crippen molar-refractivity contribution < 1.29 is 57.3 Å². The highest BCUT2D eigenvalue weighted by molar-refractivity contribution is 7.97. The van der Waals surface area contributed by atoms with Gasteiger partial charge in [-0.05, 0) is 24.2 Å². The van der Waals surface area contributed by atoms with Crippen molar-refractivity contribution in [3.05, 3.63) is 88.8 Å². The Balaban J connectivity index is 0.000000237. The van der Waals surface area contributed by atoms with E-state index in [1.807, 2.05) is 13.8 Å². The molecule has 4 nitrogen and oxygen atoms in total. The van der Waals surface area contributed by atoms with Gasteiger partial charge in [-0.25, -0.2) is 47.9 Å². The summed E-state index contributed by atoms with van der Waals surface area (Å²) in [5.74, 6) is -14.7. The van der Waals surface area contributed by atoms with Crippen molar-refractivity contribution in [3.8, 4) is 0 Å². The van der Waals surface area contributed by atoms with Crippen LogP contribution in [0.4, 0.5) is 39.5 Å². The summed E-state index contributed by atoms with van der Waals surface area (Å²) < 4.78 is 158. The minimum absolute atomic E-state index is 0.0248. The molecule has 2 fully saturated rings. The molecule has 0 heterocycles. The zero-order valence-electron chi connectivity index (χ0n) is 22.2. The van der Waals surface area contributed by atoms with E-state index in [4.69, 9.17) is 0 Å². The van der Waals surface area contributed by atoms with Crippen LogP contribution in [0.2, 0.25) is 0 Å². The first kappa shape index (κ1) is 32.9. The van der Waals surface area contributed by atoms with Gasteiger partial charge in [0.1, 0.15) is 34.1 Å². The molecule has 2 unspecified atom stereocenters. The number of carbonyl (C=O) groups excluding carboxylic acids is 1. The monoisotopic (exact) mass is 656 g/mol. The lowest BCUT2D eigenvalue weighted by atomic mass is 9.70. The fourth-order valence-corrected chi connectivity index (χ4v) is 9.30. The predicted molar refractivity (Wildman–Crippen MR) is 134 cm³/mol. The third-order valence-electron chi connectivity index (χ3n) is 8.06. The van der Waals surface area contributed by atoms with Crippen LogP contribution in [0.15, 0.2) is 51.1 Å². The van der Waals surface area contributed by atoms with E-state index in [0.717, 1.165) is 6.42 Å². The van der Waals surface area contributed by atoms with Crippen molar-refractivity contribution >= 4 is 26.8 Å². The van der Waals surface area contributed by atoms with E-state index in [2.05, 4.69) is 0 Å². The molecule has 0 aromatic heterocycles. The molecule has 0 radical (unpaired) electrons. The van der Waals surface area contributed by atoms with Crippen LogP contribution in [0, 0.1) is 69.1 Å². The first-order valence-electron chi connectivity index (χ1n) is 12.4. The number of hydrogen-bond acceptors (Lipinski definition) is 4. The first-order valence-corrected chi connectivity index (χ1v) is 15.2. The molecule has 3 aromatic carbocycles. The summed E-state index contributed by atoms with van der Waals surface area (Å²) in [6, 6.07) is 0.816. The van der Waals surface area contributed by atoms with Crippen LogP contribution in [-0.4, -0.2) is 24.5 Å². The van der Waals surface area contributed by atoms with E-state index >= 15 is 0 Å². The largest absolute Gasteiger partial charge is 0.748 e. The number of carbonyl (C=O) groups is 1. The third-order valence-corrected chi connectivity index (χ3v) is 11.3. The van der Waals surface area contributed by atoms with E-state index in [1.54, 1.807) is 0 Å². The number of ketones is 1. The molecule has 15 heteroatoms. The van der Waals surface area contributed by atoms with Crippen LogP contribution < -0.4 is 0 Å². The van der Waals surface area contributed by atoms with E-state index in [-0.39, 0.29) is 53.5 Å². The van der Waals surface area contributed by atoms with Crippen LogP contribution in [-0.2, 0) is 25.8 Å². The van der Waals surface area contributed by atoms with Crippen LogP contribution in [0.3, 0.4) is 0 Å². The van der Waals surface area contributed by atoms with Crippen molar-refractivity contribution in [1.82, 2.24) is 0 Å². The van der Waals surface area contributed by atoms with Gasteiger partial charge in [0.2, 0.25) is 14.7 Å². The van der Waals surface area contributed by atoms with Gasteiger partial charge in [-0.2, -0.15) is 0 Å². The van der Waals surface area contributed by atoms with E-state index in [1.165, 1.54) is 0 Å². The summed E-state index contributed by atoms with van der Waals surface area (Å²) in [6.45, 7) is 3.83. The quantitative estimate of drug-likeness (QED) is 0.169. The second-order valence-electron chi connectivity index (χ2n) is 10.8. The van der Waals surface area contributed by atoms with Crippen LogP contribution in [0.25, 0.3) is 0 Å². The molecule has 2 bridgehead atoms. The van der Waals surface area contributed by atoms with Gasteiger partial charge in [-0.3, -0.25) is 4.79 Å². The summed E-state index contributed by atoms with van der Waals surface area (Å²) in [7, 11) is -7.19. The second-order valence-corrected chi connectivity index (χ2v) is 14.0. The summed E-state index contributed by atoms with van der Waals surface area (Å²) in [5, 5.41) is 0. The molecule has 2 aliphatic carbocycles. The van der Waals surface area contributed by atoms with E-state index in [9.17, 15) is 57.3 Å². The SMILES string of the molecule is CC1(C)C2CCC1(CS(=O)(=O)[O-])C(=O)C2.Fc1cc(F)c([S+](c2c(F)cc(F)cc2F)c2c(F)cc(F)cc2F)c(F)c1. The molecule has 0 N–H and O–H groups in total. The molecular weight excluding hydrogens is 635 g/mol. The Morgan fingerprint density at radius 1 is 0.721 bits per heavy atom. The zero-order chi connectivity index (χ0) is 32.2. The minimum atomic E-state index is -4.33. The normalized spacial score (nSPS) is 20.9. The Bertz CT molecular complexity index is 1520. The molecule has 3 aromatic rings. The molecule has 0 spiro atoms. The Kier molecular flexibility index (Phi) is 8.77. The van der Waals surface area contributed by atoms with Gasteiger partial charge in [0.15, 0.2) is 34.9 Å². The van der Waals surface area contributed by atoms with E-state index in [0.29, 0.717) is 12.8 Å². The first-order chi connectivity index (χ1) is 19.8. The Hall–Kier alpha value is -3.04. The maximum absolute atomic E-state index is 14.3. The number of fused-ring (bicyclic) bond motifs is 2. The molecular formula is C28H21F9O4S2. The highest BCUT2D eigenvalue weighted by Crippen LogP contribution is 2.64. The van der Waals surface area contributed by atoms with Crippen LogP contribution >= 0.6 is 0 Å². The smallest absolute Gasteiger partial charge is 0.238 e. The molecule has 2 aliphatic rings. The molecule has 43 heavy (non-hydrogen) atoms. The van der Waals surface area contributed by atoms with Crippen molar-refractivity contribution in [2.45, 2.75) is 47.8 Å². The van der Waals surface area contributed by atoms with Crippen molar-refractivity contribution in [2.24, 2.45) is 16.7 Å². The standard InChI is InChI=1S/C18H6F9S.C10H16O4S/c19-7-1-10(22)16(11(23)2-7)28(17-12(24)3-8(20)4-13(17)25)18-14(26)5-9(21)6-15(18)27;1-9(2)7-3-4-10(9,8(11)5-7)6-15(12,13)14/h1-6H;7H,3-6H2,1-2H3,(H,12,13,14)/q+1;/p-1. The van der Waals surface area contributed by atoms with Gasteiger partial charge in [0.25, 0.3) is 0 Å². The maximum atomic E-state index is 14.3.